The minimum Gasteiger partial charge on any atom is -0.497 e. The van der Waals surface area contributed by atoms with E-state index in [4.69, 9.17) is 9.47 Å². The zero-order valence-electron chi connectivity index (χ0n) is 19.9. The molecule has 0 aliphatic carbocycles. The van der Waals surface area contributed by atoms with E-state index in [1.807, 2.05) is 0 Å². The molecule has 0 N–H and O–H groups in total. The quantitative estimate of drug-likeness (QED) is 0.404. The van der Waals surface area contributed by atoms with Gasteiger partial charge in [-0.2, -0.15) is 8.78 Å². The van der Waals surface area contributed by atoms with E-state index in [-0.39, 0.29) is 41.5 Å². The molecule has 1 heterocycles. The molecule has 196 valence electrons. The highest BCUT2D eigenvalue weighted by Crippen LogP contribution is 2.37. The van der Waals surface area contributed by atoms with Gasteiger partial charge in [0.1, 0.15) is 24.0 Å². The fourth-order valence-corrected chi connectivity index (χ4v) is 5.40. The van der Waals surface area contributed by atoms with Gasteiger partial charge in [0.2, 0.25) is 0 Å². The second-order valence-electron chi connectivity index (χ2n) is 8.02. The lowest BCUT2D eigenvalue weighted by Gasteiger charge is -2.37. The molecule has 37 heavy (non-hydrogen) atoms. The summed E-state index contributed by atoms with van der Waals surface area (Å²) in [5.41, 5.74) is 0.602. The lowest BCUT2D eigenvalue weighted by Crippen LogP contribution is -2.50. The summed E-state index contributed by atoms with van der Waals surface area (Å²) in [6.07, 6.45) is 0. The molecule has 0 bridgehead atoms. The van der Waals surface area contributed by atoms with Crippen molar-refractivity contribution in [3.05, 3.63) is 72.0 Å². The van der Waals surface area contributed by atoms with Crippen LogP contribution in [0.25, 0.3) is 11.1 Å². The first-order chi connectivity index (χ1) is 17.6. The predicted molar refractivity (Wildman–Crippen MR) is 129 cm³/mol. The first-order valence-electron chi connectivity index (χ1n) is 11.0. The van der Waals surface area contributed by atoms with Crippen LogP contribution in [0.5, 0.6) is 11.5 Å². The second kappa shape index (κ2) is 10.7. The molecule has 1 amide bonds. The number of hydrogen-bond acceptors (Lipinski definition) is 6. The first-order valence-corrected chi connectivity index (χ1v) is 12.4. The van der Waals surface area contributed by atoms with E-state index in [0.29, 0.717) is 11.3 Å². The van der Waals surface area contributed by atoms with Gasteiger partial charge in [-0.25, -0.2) is 17.1 Å². The van der Waals surface area contributed by atoms with E-state index in [1.54, 1.807) is 6.07 Å². The number of benzene rings is 3. The Morgan fingerprint density at radius 2 is 1.76 bits per heavy atom. The maximum Gasteiger partial charge on any atom is 0.387 e. The lowest BCUT2D eigenvalue weighted by molar-refractivity contribution is -0.0499. The Kier molecular flexibility index (Phi) is 7.60. The van der Waals surface area contributed by atoms with Gasteiger partial charge in [0.25, 0.3) is 15.9 Å². The van der Waals surface area contributed by atoms with Crippen molar-refractivity contribution in [1.29, 1.82) is 0 Å². The molecule has 0 spiro atoms. The molecular formula is C25H23F3N2O6S. The summed E-state index contributed by atoms with van der Waals surface area (Å²) in [5.74, 6) is -1.32. The first kappa shape index (κ1) is 26.3. The molecule has 0 saturated heterocycles. The molecule has 0 unspecified atom stereocenters. The van der Waals surface area contributed by atoms with Crippen molar-refractivity contribution in [2.45, 2.75) is 11.5 Å². The van der Waals surface area contributed by atoms with E-state index >= 15 is 0 Å². The average molecular weight is 537 g/mol. The number of methoxy groups -OCH3 is 2. The minimum absolute atomic E-state index is 0.0552. The Hall–Kier alpha value is -3.77. The number of anilines is 1. The largest absolute Gasteiger partial charge is 0.497 e. The normalized spacial score (nSPS) is 13.6. The van der Waals surface area contributed by atoms with Crippen molar-refractivity contribution in [1.82, 2.24) is 4.90 Å². The third-order valence-electron chi connectivity index (χ3n) is 5.71. The molecule has 8 nitrogen and oxygen atoms in total. The standard InChI is InChI=1S/C25H23F3N2O6S/c1-34-9-8-29-15-30(37(32,33)21-5-3-4-19(14-21)35-2)23-12-16(6-7-22(23)24(29)31)17-10-18(26)13-20(11-17)36-25(27)28/h3-7,10-14,25H,8-9,15H2,1-2H3. The third-order valence-corrected chi connectivity index (χ3v) is 7.45. The van der Waals surface area contributed by atoms with E-state index in [9.17, 15) is 26.4 Å². The molecule has 12 heteroatoms. The summed E-state index contributed by atoms with van der Waals surface area (Å²) >= 11 is 0. The fraction of sp³-hybridized carbons (Fsp3) is 0.240. The van der Waals surface area contributed by atoms with Crippen LogP contribution < -0.4 is 13.8 Å². The number of alkyl halides is 2. The summed E-state index contributed by atoms with van der Waals surface area (Å²) in [6, 6.07) is 13.3. The van der Waals surface area contributed by atoms with Crippen molar-refractivity contribution >= 4 is 21.6 Å². The van der Waals surface area contributed by atoms with Gasteiger partial charge in [0.05, 0.1) is 29.9 Å². The van der Waals surface area contributed by atoms with Crippen molar-refractivity contribution in [2.75, 3.05) is 38.3 Å². The van der Waals surface area contributed by atoms with Crippen LogP contribution in [0.15, 0.2) is 65.6 Å². The molecule has 0 fully saturated rings. The molecular weight excluding hydrogens is 513 g/mol. The molecule has 1 aliphatic rings. The number of halogens is 3. The van der Waals surface area contributed by atoms with Crippen molar-refractivity contribution < 1.29 is 40.6 Å². The van der Waals surface area contributed by atoms with Gasteiger partial charge >= 0.3 is 6.61 Å². The number of rotatable bonds is 9. The zero-order chi connectivity index (χ0) is 26.7. The van der Waals surface area contributed by atoms with Crippen LogP contribution in [-0.2, 0) is 14.8 Å². The van der Waals surface area contributed by atoms with Gasteiger partial charge in [-0.15, -0.1) is 0 Å². The Morgan fingerprint density at radius 1 is 0.973 bits per heavy atom. The average Bonchev–Trinajstić information content (AvgIpc) is 2.87. The smallest absolute Gasteiger partial charge is 0.387 e. The Labute approximate surface area is 211 Å². The lowest BCUT2D eigenvalue weighted by atomic mass is 10.0. The summed E-state index contributed by atoms with van der Waals surface area (Å²) in [7, 11) is -1.33. The highest BCUT2D eigenvalue weighted by molar-refractivity contribution is 7.92. The molecule has 0 atom stereocenters. The summed E-state index contributed by atoms with van der Waals surface area (Å²) in [5, 5.41) is 0. The molecule has 0 saturated carbocycles. The van der Waals surface area contributed by atoms with Crippen molar-refractivity contribution in [3.8, 4) is 22.6 Å². The number of carbonyl (C=O) groups excluding carboxylic acids is 1. The minimum atomic E-state index is -4.20. The molecule has 0 radical (unpaired) electrons. The third kappa shape index (κ3) is 5.49. The fourth-order valence-electron chi connectivity index (χ4n) is 3.93. The van der Waals surface area contributed by atoms with Gasteiger partial charge in [0, 0.05) is 25.8 Å². The molecule has 4 rings (SSSR count). The van der Waals surface area contributed by atoms with Gasteiger partial charge in [-0.05, 0) is 47.5 Å². The van der Waals surface area contributed by atoms with E-state index in [0.717, 1.165) is 16.4 Å². The van der Waals surface area contributed by atoms with Crippen LogP contribution in [0.1, 0.15) is 10.4 Å². The second-order valence-corrected chi connectivity index (χ2v) is 9.88. The molecule has 0 aromatic heterocycles. The predicted octanol–water partition coefficient (Wildman–Crippen LogP) is 4.36. The van der Waals surface area contributed by atoms with Crippen LogP contribution in [0.2, 0.25) is 0 Å². The number of amides is 1. The number of sulfonamides is 1. The monoisotopic (exact) mass is 536 g/mol. The van der Waals surface area contributed by atoms with Crippen LogP contribution in [0.3, 0.4) is 0 Å². The van der Waals surface area contributed by atoms with E-state index in [2.05, 4.69) is 4.74 Å². The summed E-state index contributed by atoms with van der Waals surface area (Å²) in [6.45, 7) is -3.14. The van der Waals surface area contributed by atoms with Gasteiger partial charge < -0.3 is 19.1 Å². The van der Waals surface area contributed by atoms with Crippen molar-refractivity contribution in [2.24, 2.45) is 0 Å². The molecule has 1 aliphatic heterocycles. The number of hydrogen-bond donors (Lipinski definition) is 0. The Balaban J connectivity index is 1.85. The zero-order valence-corrected chi connectivity index (χ0v) is 20.7. The highest BCUT2D eigenvalue weighted by Gasteiger charge is 2.36. The van der Waals surface area contributed by atoms with Crippen molar-refractivity contribution in [3.63, 3.8) is 0 Å². The van der Waals surface area contributed by atoms with E-state index in [1.165, 1.54) is 61.6 Å². The topological polar surface area (TPSA) is 85.4 Å². The summed E-state index contributed by atoms with van der Waals surface area (Å²) < 4.78 is 82.7. The number of ether oxygens (including phenoxy) is 3. The maximum absolute atomic E-state index is 14.2. The van der Waals surface area contributed by atoms with Gasteiger partial charge in [0.15, 0.2) is 0 Å². The maximum atomic E-state index is 14.2. The SMILES string of the molecule is COCCN1CN(S(=O)(=O)c2cccc(OC)c2)c2cc(-c3cc(F)cc(OC(F)F)c3)ccc2C1=O. The number of nitrogens with zero attached hydrogens (tertiary/aromatic N) is 2. The van der Waals surface area contributed by atoms with Crippen LogP contribution >= 0.6 is 0 Å². The summed E-state index contributed by atoms with van der Waals surface area (Å²) in [4.78, 5) is 14.4. The van der Waals surface area contributed by atoms with Crippen LogP contribution in [0.4, 0.5) is 18.9 Å². The Morgan fingerprint density at radius 3 is 2.46 bits per heavy atom. The number of fused-ring (bicyclic) bond motifs is 1. The molecule has 3 aromatic carbocycles. The van der Waals surface area contributed by atoms with Gasteiger partial charge in [-0.3, -0.25) is 4.79 Å². The van der Waals surface area contributed by atoms with Crippen LogP contribution in [-0.4, -0.2) is 59.9 Å². The number of carbonyl (C=O) groups is 1. The highest BCUT2D eigenvalue weighted by atomic mass is 32.2. The molecule has 3 aromatic rings. The van der Waals surface area contributed by atoms with Crippen LogP contribution in [0, 0.1) is 5.82 Å². The van der Waals surface area contributed by atoms with Gasteiger partial charge in [-0.1, -0.05) is 12.1 Å². The Bertz CT molecular complexity index is 1420. The van der Waals surface area contributed by atoms with E-state index < -0.39 is 34.1 Å².